The molecular weight excluding hydrogens is 280 g/mol. The lowest BCUT2D eigenvalue weighted by atomic mass is 10.2. The average Bonchev–Trinajstić information content (AvgIpc) is 2.93. The number of hydrogen-bond donors (Lipinski definition) is 1. The summed E-state index contributed by atoms with van der Waals surface area (Å²) in [6.45, 7) is 0. The molecule has 0 spiro atoms. The number of methoxy groups -OCH3 is 1. The Morgan fingerprint density at radius 1 is 1.25 bits per heavy atom. The van der Waals surface area contributed by atoms with Gasteiger partial charge in [-0.1, -0.05) is 0 Å². The third-order valence-electron chi connectivity index (χ3n) is 2.62. The summed E-state index contributed by atoms with van der Waals surface area (Å²) in [7, 11) is 1.32. The van der Waals surface area contributed by atoms with Crippen molar-refractivity contribution in [1.82, 2.24) is 0 Å². The zero-order chi connectivity index (χ0) is 14.5. The predicted molar refractivity (Wildman–Crippen MR) is 73.0 cm³/mol. The highest BCUT2D eigenvalue weighted by molar-refractivity contribution is 7.98. The van der Waals surface area contributed by atoms with Gasteiger partial charge in [0.2, 0.25) is 0 Å². The number of esters is 1. The number of rotatable bonds is 5. The molecule has 0 radical (unpaired) electrons. The van der Waals surface area contributed by atoms with Crippen LogP contribution in [0.4, 0.5) is 0 Å². The molecule has 0 unspecified atom stereocenters. The largest absolute Gasteiger partial charge is 0.478 e. The number of benzene rings is 1. The van der Waals surface area contributed by atoms with Crippen molar-refractivity contribution in [2.24, 2.45) is 0 Å². The van der Waals surface area contributed by atoms with Gasteiger partial charge in [0.05, 0.1) is 24.7 Å². The standard InChI is InChI=1S/C14H12O5S/c1-18-14(17)11-6-7-19-12(11)8-20-10-4-2-9(3-5-10)13(15)16/h2-7H,8H2,1H3,(H,15,16). The maximum atomic E-state index is 11.5. The van der Waals surface area contributed by atoms with E-state index < -0.39 is 11.9 Å². The fourth-order valence-electron chi connectivity index (χ4n) is 1.59. The number of furan rings is 1. The molecule has 1 aromatic heterocycles. The second kappa shape index (κ2) is 6.29. The molecule has 20 heavy (non-hydrogen) atoms. The van der Waals surface area contributed by atoms with Crippen molar-refractivity contribution in [1.29, 1.82) is 0 Å². The van der Waals surface area contributed by atoms with Crippen LogP contribution in [-0.2, 0) is 10.5 Å². The molecule has 5 nitrogen and oxygen atoms in total. The van der Waals surface area contributed by atoms with Crippen molar-refractivity contribution in [3.05, 3.63) is 53.5 Å². The maximum absolute atomic E-state index is 11.5. The van der Waals surface area contributed by atoms with Crippen LogP contribution in [0.5, 0.6) is 0 Å². The van der Waals surface area contributed by atoms with Gasteiger partial charge >= 0.3 is 11.9 Å². The zero-order valence-corrected chi connectivity index (χ0v) is 11.5. The summed E-state index contributed by atoms with van der Waals surface area (Å²) in [5, 5.41) is 8.81. The fourth-order valence-corrected chi connectivity index (χ4v) is 2.44. The van der Waals surface area contributed by atoms with Gasteiger partial charge in [-0.2, -0.15) is 0 Å². The smallest absolute Gasteiger partial charge is 0.341 e. The van der Waals surface area contributed by atoms with Gasteiger partial charge < -0.3 is 14.3 Å². The number of carboxylic acids is 1. The van der Waals surface area contributed by atoms with Crippen LogP contribution in [0.25, 0.3) is 0 Å². The Labute approximate surface area is 119 Å². The number of hydrogen-bond acceptors (Lipinski definition) is 5. The van der Waals surface area contributed by atoms with Crippen molar-refractivity contribution in [2.45, 2.75) is 10.6 Å². The van der Waals surface area contributed by atoms with Gasteiger partial charge in [0, 0.05) is 4.90 Å². The van der Waals surface area contributed by atoms with Gasteiger partial charge in [0.25, 0.3) is 0 Å². The van der Waals surface area contributed by atoms with Crippen LogP contribution in [0.1, 0.15) is 26.5 Å². The third-order valence-corrected chi connectivity index (χ3v) is 3.63. The van der Waals surface area contributed by atoms with E-state index in [4.69, 9.17) is 9.52 Å². The molecule has 6 heteroatoms. The average molecular weight is 292 g/mol. The van der Waals surface area contributed by atoms with Crippen LogP contribution >= 0.6 is 11.8 Å². The van der Waals surface area contributed by atoms with E-state index in [-0.39, 0.29) is 5.56 Å². The molecule has 0 atom stereocenters. The van der Waals surface area contributed by atoms with Crippen LogP contribution in [0, 0.1) is 0 Å². The van der Waals surface area contributed by atoms with Crippen LogP contribution in [0.2, 0.25) is 0 Å². The van der Waals surface area contributed by atoms with E-state index in [1.165, 1.54) is 37.3 Å². The molecule has 1 aromatic carbocycles. The van der Waals surface area contributed by atoms with Gasteiger partial charge in [-0.3, -0.25) is 0 Å². The van der Waals surface area contributed by atoms with Crippen molar-refractivity contribution in [2.75, 3.05) is 7.11 Å². The number of carbonyl (C=O) groups excluding carboxylic acids is 1. The van der Waals surface area contributed by atoms with Crippen molar-refractivity contribution < 1.29 is 23.8 Å². The second-order valence-corrected chi connectivity index (χ2v) is 4.92. The molecule has 0 aliphatic heterocycles. The van der Waals surface area contributed by atoms with Gasteiger partial charge in [0.1, 0.15) is 11.3 Å². The molecule has 0 saturated heterocycles. The molecular formula is C14H12O5S. The Hall–Kier alpha value is -2.21. The number of aromatic carboxylic acids is 1. The minimum absolute atomic E-state index is 0.239. The first-order valence-electron chi connectivity index (χ1n) is 5.72. The Morgan fingerprint density at radius 3 is 2.55 bits per heavy atom. The van der Waals surface area contributed by atoms with E-state index in [1.54, 1.807) is 18.2 Å². The molecule has 0 aliphatic rings. The van der Waals surface area contributed by atoms with Crippen molar-refractivity contribution >= 4 is 23.7 Å². The molecule has 1 heterocycles. The zero-order valence-electron chi connectivity index (χ0n) is 10.7. The first-order chi connectivity index (χ1) is 9.61. The fraction of sp³-hybridized carbons (Fsp3) is 0.143. The summed E-state index contributed by atoms with van der Waals surface area (Å²) in [5.41, 5.74) is 0.643. The molecule has 2 rings (SSSR count). The van der Waals surface area contributed by atoms with E-state index in [2.05, 4.69) is 4.74 Å². The van der Waals surface area contributed by atoms with Gasteiger partial charge in [-0.05, 0) is 30.3 Å². The lowest BCUT2D eigenvalue weighted by Gasteiger charge is -2.02. The molecule has 0 bridgehead atoms. The summed E-state index contributed by atoms with van der Waals surface area (Å²) >= 11 is 1.45. The highest BCUT2D eigenvalue weighted by Gasteiger charge is 2.15. The Balaban J connectivity index is 2.04. The lowest BCUT2D eigenvalue weighted by molar-refractivity contribution is 0.0597. The molecule has 0 saturated carbocycles. The SMILES string of the molecule is COC(=O)c1ccoc1CSc1ccc(C(=O)O)cc1. The summed E-state index contributed by atoms with van der Waals surface area (Å²) < 4.78 is 9.91. The predicted octanol–water partition coefficient (Wildman–Crippen LogP) is 3.06. The van der Waals surface area contributed by atoms with Crippen LogP contribution in [0.3, 0.4) is 0 Å². The van der Waals surface area contributed by atoms with Crippen LogP contribution in [0.15, 0.2) is 45.9 Å². The van der Waals surface area contributed by atoms with Crippen molar-refractivity contribution in [3.63, 3.8) is 0 Å². The maximum Gasteiger partial charge on any atom is 0.341 e. The van der Waals surface area contributed by atoms with Gasteiger partial charge in [0.15, 0.2) is 0 Å². The van der Waals surface area contributed by atoms with Crippen LogP contribution < -0.4 is 0 Å². The molecule has 0 fully saturated rings. The molecule has 0 aliphatic carbocycles. The highest BCUT2D eigenvalue weighted by atomic mass is 32.2. The first-order valence-corrected chi connectivity index (χ1v) is 6.71. The van der Waals surface area contributed by atoms with E-state index in [1.807, 2.05) is 0 Å². The minimum atomic E-state index is -0.958. The van der Waals surface area contributed by atoms with E-state index >= 15 is 0 Å². The quantitative estimate of drug-likeness (QED) is 0.674. The lowest BCUT2D eigenvalue weighted by Crippen LogP contribution is -2.02. The normalized spacial score (nSPS) is 10.2. The topological polar surface area (TPSA) is 76.7 Å². The Kier molecular flexibility index (Phi) is 4.47. The minimum Gasteiger partial charge on any atom is -0.478 e. The number of carbonyl (C=O) groups is 2. The van der Waals surface area contributed by atoms with E-state index in [0.29, 0.717) is 17.1 Å². The molecule has 1 N–H and O–H groups in total. The molecule has 0 amide bonds. The molecule has 2 aromatic rings. The third kappa shape index (κ3) is 3.21. The summed E-state index contributed by atoms with van der Waals surface area (Å²) in [6.07, 6.45) is 1.44. The number of carboxylic acid groups (broad SMARTS) is 1. The first kappa shape index (κ1) is 14.2. The second-order valence-electron chi connectivity index (χ2n) is 3.87. The Bertz CT molecular complexity index is 615. The van der Waals surface area contributed by atoms with Crippen LogP contribution in [-0.4, -0.2) is 24.2 Å². The van der Waals surface area contributed by atoms with Crippen molar-refractivity contribution in [3.8, 4) is 0 Å². The Morgan fingerprint density at radius 2 is 1.95 bits per heavy atom. The highest BCUT2D eigenvalue weighted by Crippen LogP contribution is 2.25. The summed E-state index contributed by atoms with van der Waals surface area (Å²) in [4.78, 5) is 23.1. The number of ether oxygens (including phenoxy) is 1. The van der Waals surface area contributed by atoms with Gasteiger partial charge in [-0.25, -0.2) is 9.59 Å². The molecule has 104 valence electrons. The van der Waals surface area contributed by atoms with Gasteiger partial charge in [-0.15, -0.1) is 11.8 Å². The summed E-state index contributed by atoms with van der Waals surface area (Å²) in [5.74, 6) is -0.399. The van der Waals surface area contributed by atoms with E-state index in [9.17, 15) is 9.59 Å². The van der Waals surface area contributed by atoms with E-state index in [0.717, 1.165) is 4.90 Å². The number of thioether (sulfide) groups is 1. The monoisotopic (exact) mass is 292 g/mol. The summed E-state index contributed by atoms with van der Waals surface area (Å²) in [6, 6.07) is 8.07.